The second-order valence-electron chi connectivity index (χ2n) is 9.16. The average Bonchev–Trinajstić information content (AvgIpc) is 3.29. The number of rotatable bonds is 8. The molecule has 3 aromatic rings. The van der Waals surface area contributed by atoms with Crippen molar-refractivity contribution in [1.29, 1.82) is 0 Å². The van der Waals surface area contributed by atoms with Crippen LogP contribution in [-0.2, 0) is 0 Å². The molecule has 37 heavy (non-hydrogen) atoms. The van der Waals surface area contributed by atoms with Gasteiger partial charge in [-0.1, -0.05) is 19.4 Å². The molecule has 2 heterocycles. The Labute approximate surface area is 218 Å². The van der Waals surface area contributed by atoms with Crippen LogP contribution in [0.1, 0.15) is 35.8 Å². The smallest absolute Gasteiger partial charge is 0.317 e. The van der Waals surface area contributed by atoms with Crippen LogP contribution < -0.4 is 14.8 Å². The second-order valence-corrected chi connectivity index (χ2v) is 9.16. The maximum absolute atomic E-state index is 13.7. The maximum Gasteiger partial charge on any atom is 0.317 e. The maximum atomic E-state index is 13.7. The zero-order valence-electron chi connectivity index (χ0n) is 22.1. The van der Waals surface area contributed by atoms with E-state index in [0.717, 1.165) is 47.0 Å². The van der Waals surface area contributed by atoms with E-state index in [4.69, 9.17) is 9.47 Å². The molecule has 3 amide bonds. The highest BCUT2D eigenvalue weighted by Crippen LogP contribution is 2.32. The molecule has 0 unspecified atom stereocenters. The fourth-order valence-electron chi connectivity index (χ4n) is 4.65. The van der Waals surface area contributed by atoms with Crippen molar-refractivity contribution in [1.82, 2.24) is 19.7 Å². The summed E-state index contributed by atoms with van der Waals surface area (Å²) in [6.45, 7) is 6.79. The lowest BCUT2D eigenvalue weighted by atomic mass is 10.1. The van der Waals surface area contributed by atoms with Crippen molar-refractivity contribution in [3.63, 3.8) is 0 Å². The molecule has 0 spiro atoms. The Hall–Kier alpha value is -3.94. The summed E-state index contributed by atoms with van der Waals surface area (Å²) >= 11 is 0. The molecule has 4 rings (SSSR count). The third kappa shape index (κ3) is 5.74. The van der Waals surface area contributed by atoms with Gasteiger partial charge in [0.1, 0.15) is 11.5 Å². The van der Waals surface area contributed by atoms with Gasteiger partial charge in [0.15, 0.2) is 0 Å². The normalized spacial score (nSPS) is 13.4. The average molecular weight is 505 g/mol. The molecule has 1 N–H and O–H groups in total. The number of methoxy groups -OCH3 is 2. The Kier molecular flexibility index (Phi) is 8.38. The molecule has 1 saturated heterocycles. The minimum atomic E-state index is -0.0531. The van der Waals surface area contributed by atoms with Gasteiger partial charge in [0.25, 0.3) is 5.91 Å². The van der Waals surface area contributed by atoms with Gasteiger partial charge in [-0.05, 0) is 61.4 Å². The van der Waals surface area contributed by atoms with Gasteiger partial charge in [-0.2, -0.15) is 0 Å². The van der Waals surface area contributed by atoms with Gasteiger partial charge < -0.3 is 29.2 Å². The predicted molar refractivity (Wildman–Crippen MR) is 145 cm³/mol. The number of hydrogen-bond acceptors (Lipinski definition) is 4. The van der Waals surface area contributed by atoms with Crippen LogP contribution in [0.4, 0.5) is 4.79 Å². The molecular formula is C29H36N4O4. The third-order valence-electron chi connectivity index (χ3n) is 6.84. The Morgan fingerprint density at radius 1 is 0.892 bits per heavy atom. The predicted octanol–water partition coefficient (Wildman–Crippen LogP) is 4.74. The first-order valence-electron chi connectivity index (χ1n) is 12.8. The Morgan fingerprint density at radius 2 is 1.57 bits per heavy atom. The molecule has 1 fully saturated rings. The molecule has 0 radical (unpaired) electrons. The molecule has 1 aliphatic rings. The van der Waals surface area contributed by atoms with Crippen molar-refractivity contribution >= 4 is 11.9 Å². The van der Waals surface area contributed by atoms with Crippen LogP contribution >= 0.6 is 0 Å². The Balaban J connectivity index is 1.61. The lowest BCUT2D eigenvalue weighted by Gasteiger charge is -2.34. The van der Waals surface area contributed by atoms with E-state index in [1.165, 1.54) is 0 Å². The summed E-state index contributed by atoms with van der Waals surface area (Å²) in [5.74, 6) is 1.49. The number of nitrogens with zero attached hydrogens (tertiary/aromatic N) is 3. The van der Waals surface area contributed by atoms with Crippen LogP contribution in [-0.4, -0.2) is 73.2 Å². The van der Waals surface area contributed by atoms with Crippen LogP contribution in [0.2, 0.25) is 0 Å². The lowest BCUT2D eigenvalue weighted by Crippen LogP contribution is -2.53. The monoisotopic (exact) mass is 504 g/mol. The van der Waals surface area contributed by atoms with Crippen LogP contribution in [0.5, 0.6) is 11.5 Å². The van der Waals surface area contributed by atoms with Crippen molar-refractivity contribution in [3.8, 4) is 28.4 Å². The minimum absolute atomic E-state index is 0.0278. The summed E-state index contributed by atoms with van der Waals surface area (Å²) in [6, 6.07) is 17.5. The number of benzene rings is 2. The first-order chi connectivity index (χ1) is 18.0. The molecule has 196 valence electrons. The SMILES string of the molecule is CCCCNC(=O)N1CCN(C(=O)c2cc(-c3ccc(OC)cc3)n(-c3cccc(OC)c3)c2C)CC1. The molecule has 0 saturated carbocycles. The molecule has 1 aromatic heterocycles. The van der Waals surface area contributed by atoms with Gasteiger partial charge in [-0.25, -0.2) is 4.79 Å². The quantitative estimate of drug-likeness (QED) is 0.450. The van der Waals surface area contributed by atoms with Crippen LogP contribution in [0.25, 0.3) is 16.9 Å². The summed E-state index contributed by atoms with van der Waals surface area (Å²) in [4.78, 5) is 29.8. The molecule has 2 aromatic carbocycles. The minimum Gasteiger partial charge on any atom is -0.497 e. The fraction of sp³-hybridized carbons (Fsp3) is 0.379. The number of urea groups is 1. The Bertz CT molecular complexity index is 1230. The number of aromatic nitrogens is 1. The van der Waals surface area contributed by atoms with Crippen molar-refractivity contribution in [2.45, 2.75) is 26.7 Å². The molecule has 0 bridgehead atoms. The van der Waals surface area contributed by atoms with E-state index in [0.29, 0.717) is 38.3 Å². The number of carbonyl (C=O) groups excluding carboxylic acids is 2. The third-order valence-corrected chi connectivity index (χ3v) is 6.84. The molecular weight excluding hydrogens is 468 g/mol. The number of hydrogen-bond donors (Lipinski definition) is 1. The van der Waals surface area contributed by atoms with Crippen molar-refractivity contribution < 1.29 is 19.1 Å². The first kappa shape index (κ1) is 26.1. The summed E-state index contributed by atoms with van der Waals surface area (Å²) in [5.41, 5.74) is 4.29. The van der Waals surface area contributed by atoms with E-state index in [1.54, 1.807) is 19.1 Å². The van der Waals surface area contributed by atoms with E-state index in [2.05, 4.69) is 16.8 Å². The van der Waals surface area contributed by atoms with E-state index in [9.17, 15) is 9.59 Å². The fourth-order valence-corrected chi connectivity index (χ4v) is 4.65. The zero-order chi connectivity index (χ0) is 26.4. The highest BCUT2D eigenvalue weighted by Gasteiger charge is 2.28. The zero-order valence-corrected chi connectivity index (χ0v) is 22.1. The van der Waals surface area contributed by atoms with Gasteiger partial charge in [-0.15, -0.1) is 0 Å². The number of piperazine rings is 1. The van der Waals surface area contributed by atoms with E-state index >= 15 is 0 Å². The first-order valence-corrected chi connectivity index (χ1v) is 12.8. The summed E-state index contributed by atoms with van der Waals surface area (Å²) in [7, 11) is 3.29. The summed E-state index contributed by atoms with van der Waals surface area (Å²) < 4.78 is 12.9. The van der Waals surface area contributed by atoms with E-state index in [1.807, 2.05) is 66.4 Å². The molecule has 0 atom stereocenters. The molecule has 8 nitrogen and oxygen atoms in total. The molecule has 0 aliphatic carbocycles. The highest BCUT2D eigenvalue weighted by molar-refractivity contribution is 5.97. The van der Waals surface area contributed by atoms with Crippen molar-refractivity contribution in [3.05, 3.63) is 65.9 Å². The van der Waals surface area contributed by atoms with Crippen LogP contribution in [0, 0.1) is 6.92 Å². The van der Waals surface area contributed by atoms with Crippen LogP contribution in [0.15, 0.2) is 54.6 Å². The number of carbonyl (C=O) groups is 2. The van der Waals surface area contributed by atoms with Gasteiger partial charge in [0.05, 0.1) is 25.5 Å². The number of amides is 3. The van der Waals surface area contributed by atoms with E-state index < -0.39 is 0 Å². The van der Waals surface area contributed by atoms with Crippen LogP contribution in [0.3, 0.4) is 0 Å². The summed E-state index contributed by atoms with van der Waals surface area (Å²) in [5, 5.41) is 2.96. The topological polar surface area (TPSA) is 76.0 Å². The number of unbranched alkanes of at least 4 members (excludes halogenated alkanes) is 1. The van der Waals surface area contributed by atoms with Gasteiger partial charge >= 0.3 is 6.03 Å². The van der Waals surface area contributed by atoms with Crippen molar-refractivity contribution in [2.24, 2.45) is 0 Å². The van der Waals surface area contributed by atoms with Gasteiger partial charge in [-0.3, -0.25) is 4.79 Å². The molecule has 8 heteroatoms. The highest BCUT2D eigenvalue weighted by atomic mass is 16.5. The van der Waals surface area contributed by atoms with Gasteiger partial charge in [0, 0.05) is 50.2 Å². The van der Waals surface area contributed by atoms with E-state index in [-0.39, 0.29) is 11.9 Å². The standard InChI is InChI=1S/C29H36N4O4/c1-5-6-14-30-29(35)32-17-15-31(16-18-32)28(34)26-20-27(22-10-12-24(36-3)13-11-22)33(21(26)2)23-8-7-9-25(19-23)37-4/h7-13,19-20H,5-6,14-18H2,1-4H3,(H,30,35). The summed E-state index contributed by atoms with van der Waals surface area (Å²) in [6.07, 6.45) is 2.00. The van der Waals surface area contributed by atoms with Crippen molar-refractivity contribution in [2.75, 3.05) is 46.9 Å². The number of ether oxygens (including phenoxy) is 2. The van der Waals surface area contributed by atoms with Gasteiger partial charge in [0.2, 0.25) is 0 Å². The number of nitrogens with one attached hydrogen (secondary N) is 1. The lowest BCUT2D eigenvalue weighted by molar-refractivity contribution is 0.0664. The Morgan fingerprint density at radius 3 is 2.22 bits per heavy atom. The second kappa shape index (κ2) is 11.9. The largest absolute Gasteiger partial charge is 0.497 e. The molecule has 1 aliphatic heterocycles.